The maximum atomic E-state index is 12.3. The number of esters is 1. The number of carboxylic acids is 1. The maximum absolute atomic E-state index is 12.3. The number of nitrogens with one attached hydrogen (secondary N) is 1. The lowest BCUT2D eigenvalue weighted by Crippen LogP contribution is -2.43. The van der Waals surface area contributed by atoms with Crippen LogP contribution in [-0.4, -0.2) is 64.9 Å². The fourth-order valence-electron chi connectivity index (χ4n) is 5.60. The van der Waals surface area contributed by atoms with E-state index in [9.17, 15) is 34.1 Å². The van der Waals surface area contributed by atoms with Crippen molar-refractivity contribution < 1.29 is 47.8 Å². The molecule has 0 heterocycles. The Hall–Kier alpha value is -4.90. The molecule has 0 aromatic carbocycles. The highest BCUT2D eigenvalue weighted by atomic mass is 31.2. The van der Waals surface area contributed by atoms with Gasteiger partial charge in [0.25, 0.3) is 0 Å². The van der Waals surface area contributed by atoms with Gasteiger partial charge in [0.15, 0.2) is 6.04 Å². The summed E-state index contributed by atoms with van der Waals surface area (Å²) >= 11 is 0. The van der Waals surface area contributed by atoms with E-state index in [4.69, 9.17) is 13.8 Å². The maximum Gasteiger partial charge on any atom is 0.472 e. The number of unbranched alkanes of at least 4 members (excludes halogenated alkanes) is 3. The van der Waals surface area contributed by atoms with Gasteiger partial charge in [-0.05, 0) is 116 Å². The minimum atomic E-state index is -4.80. The standard InChI is InChI=1S/C56H84NO10P/c1-3-5-7-9-11-13-15-17-19-21-23-25-26-28-30-32-34-36-38-40-42-44-46-48-55(60)65-49-52(58)50-66-68(63,64)67-51-53(56(61)62)57-54(59)47-45-43-41-39-37-35-33-31-29-27-24-22-20-18-16-14-12-10-8-6-4-2/h5-8,11-14,17-20,23-25,27-28,30-31,33-34,36-37,39-40,42,52-53,58H,3-4,9-10,15-16,21-22,26,29,32,35,38,41,43-51H2,1-2H3,(H,57,59)(H,61,62)(H,63,64)/b7-5-,8-6-,13-11-,14-12-,19-17-,20-18-,25-23-,27-24-,30-28-,33-31-,36-34-,39-37-,42-40-. The van der Waals surface area contributed by atoms with Crippen molar-refractivity contribution in [3.8, 4) is 0 Å². The first-order valence-electron chi connectivity index (χ1n) is 24.5. The highest BCUT2D eigenvalue weighted by molar-refractivity contribution is 7.47. The van der Waals surface area contributed by atoms with Crippen molar-refractivity contribution >= 4 is 25.7 Å². The zero-order chi connectivity index (χ0) is 49.9. The molecular weight excluding hydrogens is 878 g/mol. The quantitative estimate of drug-likeness (QED) is 0.0200. The summed E-state index contributed by atoms with van der Waals surface area (Å²) in [5.41, 5.74) is 0. The molecular formula is C56H84NO10P. The number of aliphatic hydroxyl groups is 1. The van der Waals surface area contributed by atoms with Gasteiger partial charge in [-0.1, -0.05) is 172 Å². The van der Waals surface area contributed by atoms with Crippen LogP contribution in [-0.2, 0) is 32.7 Å². The summed E-state index contributed by atoms with van der Waals surface area (Å²) in [6.07, 6.45) is 69.9. The molecule has 0 aliphatic carbocycles. The van der Waals surface area contributed by atoms with Gasteiger partial charge in [0.2, 0.25) is 5.91 Å². The molecule has 1 amide bonds. The summed E-state index contributed by atoms with van der Waals surface area (Å²) in [6.45, 7) is 2.25. The number of hydrogen-bond acceptors (Lipinski definition) is 8. The number of aliphatic carboxylic acids is 1. The van der Waals surface area contributed by atoms with Crippen LogP contribution in [0.2, 0.25) is 0 Å². The van der Waals surface area contributed by atoms with Crippen LogP contribution in [0, 0.1) is 0 Å². The molecule has 0 rings (SSSR count). The second-order valence-electron chi connectivity index (χ2n) is 15.5. The number of ether oxygens (including phenoxy) is 1. The van der Waals surface area contributed by atoms with E-state index in [1.807, 2.05) is 18.2 Å². The lowest BCUT2D eigenvalue weighted by molar-refractivity contribution is -0.147. The Bertz CT molecular complexity index is 1740. The number of amides is 1. The number of aliphatic hydroxyl groups excluding tert-OH is 1. The summed E-state index contributed by atoms with van der Waals surface area (Å²) in [5, 5.41) is 21.9. The Morgan fingerprint density at radius 1 is 0.471 bits per heavy atom. The Morgan fingerprint density at radius 3 is 1.18 bits per heavy atom. The van der Waals surface area contributed by atoms with Crippen LogP contribution in [0.25, 0.3) is 0 Å². The van der Waals surface area contributed by atoms with Crippen molar-refractivity contribution in [2.24, 2.45) is 0 Å². The molecule has 0 saturated carbocycles. The highest BCUT2D eigenvalue weighted by Gasteiger charge is 2.28. The molecule has 0 radical (unpaired) electrons. The van der Waals surface area contributed by atoms with Gasteiger partial charge in [-0.25, -0.2) is 9.36 Å². The van der Waals surface area contributed by atoms with Crippen LogP contribution in [0.4, 0.5) is 0 Å². The number of hydrogen-bond donors (Lipinski definition) is 4. The second-order valence-corrected chi connectivity index (χ2v) is 17.0. The third-order valence-electron chi connectivity index (χ3n) is 9.31. The first-order chi connectivity index (χ1) is 33.1. The molecule has 0 saturated heterocycles. The van der Waals surface area contributed by atoms with Crippen LogP contribution in [0.5, 0.6) is 0 Å². The zero-order valence-electron chi connectivity index (χ0n) is 41.1. The number of carbonyl (C=O) groups is 3. The molecule has 11 nitrogen and oxygen atoms in total. The van der Waals surface area contributed by atoms with Crippen molar-refractivity contribution in [3.63, 3.8) is 0 Å². The van der Waals surface area contributed by atoms with E-state index in [1.165, 1.54) is 0 Å². The van der Waals surface area contributed by atoms with E-state index in [2.05, 4.69) is 159 Å². The molecule has 0 aliphatic heterocycles. The lowest BCUT2D eigenvalue weighted by Gasteiger charge is -2.18. The van der Waals surface area contributed by atoms with Gasteiger partial charge in [-0.2, -0.15) is 0 Å². The fraction of sp³-hybridized carbons (Fsp3) is 0.482. The molecule has 0 fully saturated rings. The second kappa shape index (κ2) is 48.6. The SMILES string of the molecule is CC/C=C\C/C=C\C/C=C\C/C=C\C/C=C\C/C=C\C/C=C\CCCC(=O)OCC(O)COP(=O)(O)OCC(NC(=O)CCCC/C=C\C/C=C\C/C=C\C/C=C\C/C=C\C/C=C\CC)C(=O)O. The van der Waals surface area contributed by atoms with E-state index in [0.717, 1.165) is 96.3 Å². The monoisotopic (exact) mass is 962 g/mol. The molecule has 12 heteroatoms. The number of carboxylic acid groups (broad SMARTS) is 1. The minimum absolute atomic E-state index is 0.0758. The van der Waals surface area contributed by atoms with Gasteiger partial charge in [0.1, 0.15) is 12.7 Å². The topological polar surface area (TPSA) is 169 Å². The summed E-state index contributed by atoms with van der Waals surface area (Å²) in [4.78, 5) is 46.1. The Labute approximate surface area is 409 Å². The van der Waals surface area contributed by atoms with Gasteiger partial charge in [-0.15, -0.1) is 0 Å². The molecule has 0 aromatic rings. The zero-order valence-corrected chi connectivity index (χ0v) is 42.0. The average Bonchev–Trinajstić information content (AvgIpc) is 3.32. The number of rotatable bonds is 43. The van der Waals surface area contributed by atoms with E-state index >= 15 is 0 Å². The van der Waals surface area contributed by atoms with Crippen LogP contribution in [0.15, 0.2) is 158 Å². The number of phosphoric acid groups is 1. The highest BCUT2D eigenvalue weighted by Crippen LogP contribution is 2.43. The molecule has 68 heavy (non-hydrogen) atoms. The van der Waals surface area contributed by atoms with Gasteiger partial charge >= 0.3 is 19.8 Å². The number of allylic oxidation sites excluding steroid dienone is 26. The Morgan fingerprint density at radius 2 is 0.809 bits per heavy atom. The van der Waals surface area contributed by atoms with Gasteiger partial charge in [-0.3, -0.25) is 18.6 Å². The third-order valence-corrected chi connectivity index (χ3v) is 10.3. The first-order valence-corrected chi connectivity index (χ1v) is 26.0. The molecule has 0 aliphatic rings. The van der Waals surface area contributed by atoms with Crippen LogP contribution < -0.4 is 5.32 Å². The van der Waals surface area contributed by atoms with Crippen molar-refractivity contribution in [1.82, 2.24) is 5.32 Å². The van der Waals surface area contributed by atoms with Crippen LogP contribution in [0.3, 0.4) is 0 Å². The largest absolute Gasteiger partial charge is 0.480 e. The van der Waals surface area contributed by atoms with E-state index in [1.54, 1.807) is 0 Å². The molecule has 0 bridgehead atoms. The lowest BCUT2D eigenvalue weighted by atomic mass is 10.1. The molecule has 0 spiro atoms. The van der Waals surface area contributed by atoms with Crippen molar-refractivity contribution in [2.45, 2.75) is 154 Å². The summed E-state index contributed by atoms with van der Waals surface area (Å²) in [5.74, 6) is -2.53. The predicted octanol–water partition coefficient (Wildman–Crippen LogP) is 13.7. The van der Waals surface area contributed by atoms with Crippen molar-refractivity contribution in [1.29, 1.82) is 0 Å². The fourth-order valence-corrected chi connectivity index (χ4v) is 6.37. The van der Waals surface area contributed by atoms with Gasteiger partial charge in [0.05, 0.1) is 13.2 Å². The molecule has 0 aromatic heterocycles. The molecule has 3 atom stereocenters. The summed E-state index contributed by atoms with van der Waals surface area (Å²) < 4.78 is 26.8. The predicted molar refractivity (Wildman–Crippen MR) is 281 cm³/mol. The number of carbonyl (C=O) groups excluding carboxylic acids is 2. The van der Waals surface area contributed by atoms with Crippen molar-refractivity contribution in [3.05, 3.63) is 158 Å². The Kier molecular flexibility index (Phi) is 45.1. The average molecular weight is 962 g/mol. The van der Waals surface area contributed by atoms with Crippen LogP contribution in [0.1, 0.15) is 142 Å². The van der Waals surface area contributed by atoms with Gasteiger partial charge < -0.3 is 25.2 Å². The molecule has 378 valence electrons. The number of phosphoric ester groups is 1. The first kappa shape index (κ1) is 63.1. The summed E-state index contributed by atoms with van der Waals surface area (Å²) in [7, 11) is -4.80. The smallest absolute Gasteiger partial charge is 0.472 e. The van der Waals surface area contributed by atoms with Crippen molar-refractivity contribution in [2.75, 3.05) is 19.8 Å². The van der Waals surface area contributed by atoms with Crippen LogP contribution >= 0.6 is 7.82 Å². The van der Waals surface area contributed by atoms with E-state index in [-0.39, 0.29) is 12.8 Å². The Balaban J connectivity index is 4.05. The van der Waals surface area contributed by atoms with E-state index in [0.29, 0.717) is 19.3 Å². The minimum Gasteiger partial charge on any atom is -0.480 e. The molecule has 4 N–H and O–H groups in total. The third kappa shape index (κ3) is 47.6. The molecule has 3 unspecified atom stereocenters. The summed E-state index contributed by atoms with van der Waals surface area (Å²) in [6, 6.07) is -1.59. The normalized spacial score (nSPS) is 14.9. The van der Waals surface area contributed by atoms with Gasteiger partial charge in [0, 0.05) is 12.8 Å². The van der Waals surface area contributed by atoms with E-state index < -0.39 is 57.6 Å².